The molecule has 190 valence electrons. The van der Waals surface area contributed by atoms with E-state index in [1.807, 2.05) is 18.3 Å². The number of benzene rings is 2. The number of carbonyl (C=O) groups excluding carboxylic acids is 1. The van der Waals surface area contributed by atoms with Gasteiger partial charge in [0.15, 0.2) is 5.60 Å². The molecule has 1 aromatic heterocycles. The lowest BCUT2D eigenvalue weighted by atomic mass is 9.87. The van der Waals surface area contributed by atoms with Gasteiger partial charge in [-0.25, -0.2) is 18.1 Å². The normalized spacial score (nSPS) is 20.3. The fourth-order valence-corrected chi connectivity index (χ4v) is 7.18. The van der Waals surface area contributed by atoms with Crippen LogP contribution in [0.3, 0.4) is 0 Å². The molecule has 8 nitrogen and oxygen atoms in total. The first kappa shape index (κ1) is 24.9. The molecule has 1 fully saturated rings. The summed E-state index contributed by atoms with van der Waals surface area (Å²) < 4.78 is 28.1. The molecule has 1 unspecified atom stereocenters. The van der Waals surface area contributed by atoms with E-state index in [1.54, 1.807) is 49.1 Å². The lowest BCUT2D eigenvalue weighted by Crippen LogP contribution is -2.41. The molecule has 1 atom stereocenters. The monoisotopic (exact) mass is 526 g/mol. The van der Waals surface area contributed by atoms with E-state index in [-0.39, 0.29) is 11.4 Å². The third-order valence-corrected chi connectivity index (χ3v) is 9.23. The molecule has 3 heterocycles. The van der Waals surface area contributed by atoms with Crippen LogP contribution in [0.5, 0.6) is 0 Å². The SMILES string of the molecule is CC(C)(C)NS(=O)(=O)c1ccc(C2(O)C(=O)N(Cc3ncc(N4CCCC4)s3)c3ccccc32)cc1. The number of anilines is 2. The summed E-state index contributed by atoms with van der Waals surface area (Å²) in [5, 5.41) is 13.7. The number of nitrogens with zero attached hydrogens (tertiary/aromatic N) is 3. The maximum Gasteiger partial charge on any atom is 0.268 e. The Kier molecular flexibility index (Phi) is 6.19. The van der Waals surface area contributed by atoms with Crippen LogP contribution in [0.15, 0.2) is 59.6 Å². The van der Waals surface area contributed by atoms with Crippen molar-refractivity contribution in [2.45, 2.75) is 56.2 Å². The van der Waals surface area contributed by atoms with E-state index in [2.05, 4.69) is 14.6 Å². The predicted molar refractivity (Wildman–Crippen MR) is 141 cm³/mol. The fraction of sp³-hybridized carbons (Fsp3) is 0.385. The molecule has 1 saturated heterocycles. The summed E-state index contributed by atoms with van der Waals surface area (Å²) in [5.74, 6) is -0.481. The predicted octanol–water partition coefficient (Wildman–Crippen LogP) is 3.60. The van der Waals surface area contributed by atoms with Crippen molar-refractivity contribution < 1.29 is 18.3 Å². The summed E-state index contributed by atoms with van der Waals surface area (Å²) in [5.41, 5.74) is -1.16. The van der Waals surface area contributed by atoms with Crippen LogP contribution in [0.1, 0.15) is 49.7 Å². The Hall–Kier alpha value is -2.79. The Bertz CT molecular complexity index is 1390. The topological polar surface area (TPSA) is 103 Å². The van der Waals surface area contributed by atoms with Gasteiger partial charge in [-0.15, -0.1) is 0 Å². The number of para-hydroxylation sites is 1. The molecule has 0 radical (unpaired) electrons. The fourth-order valence-electron chi connectivity index (χ4n) is 4.80. The second-order valence-electron chi connectivity index (χ2n) is 10.3. The van der Waals surface area contributed by atoms with Gasteiger partial charge in [0.2, 0.25) is 10.0 Å². The quantitative estimate of drug-likeness (QED) is 0.509. The molecule has 0 aliphatic carbocycles. The Labute approximate surface area is 215 Å². The lowest BCUT2D eigenvalue weighted by Gasteiger charge is -2.24. The molecule has 0 saturated carbocycles. The average Bonchev–Trinajstić information content (AvgIpc) is 3.56. The molecule has 36 heavy (non-hydrogen) atoms. The number of rotatable bonds is 6. The van der Waals surface area contributed by atoms with Gasteiger partial charge in [-0.3, -0.25) is 4.79 Å². The van der Waals surface area contributed by atoms with Crippen LogP contribution >= 0.6 is 11.3 Å². The van der Waals surface area contributed by atoms with E-state index in [4.69, 9.17) is 0 Å². The van der Waals surface area contributed by atoms with Crippen LogP contribution < -0.4 is 14.5 Å². The van der Waals surface area contributed by atoms with Gasteiger partial charge < -0.3 is 14.9 Å². The van der Waals surface area contributed by atoms with Crippen molar-refractivity contribution in [3.63, 3.8) is 0 Å². The first-order valence-corrected chi connectivity index (χ1v) is 14.3. The van der Waals surface area contributed by atoms with Crippen LogP contribution in [-0.4, -0.2) is 43.0 Å². The van der Waals surface area contributed by atoms with Crippen LogP contribution in [0.4, 0.5) is 10.7 Å². The van der Waals surface area contributed by atoms with Crippen molar-refractivity contribution in [2.75, 3.05) is 22.9 Å². The smallest absolute Gasteiger partial charge is 0.268 e. The van der Waals surface area contributed by atoms with E-state index in [0.29, 0.717) is 16.8 Å². The maximum absolute atomic E-state index is 13.7. The second-order valence-corrected chi connectivity index (χ2v) is 13.1. The zero-order valence-corrected chi connectivity index (χ0v) is 22.2. The molecular formula is C26H30N4O4S2. The number of sulfonamides is 1. The zero-order chi connectivity index (χ0) is 25.7. The number of aliphatic hydroxyl groups is 1. The van der Waals surface area contributed by atoms with E-state index in [9.17, 15) is 18.3 Å². The average molecular weight is 527 g/mol. The number of amides is 1. The Morgan fingerprint density at radius 3 is 2.42 bits per heavy atom. The molecule has 2 aliphatic rings. The molecule has 2 N–H and O–H groups in total. The number of fused-ring (bicyclic) bond motifs is 1. The standard InChI is InChI=1S/C26H30N4O4S2/c1-25(2,3)28-36(33,34)19-12-10-18(11-13-19)26(32)20-8-4-5-9-21(20)30(24(26)31)17-22-27-16-23(35-22)29-14-6-7-15-29/h4-5,8-13,16,28,32H,6-7,14-15,17H2,1-3H3. The first-order chi connectivity index (χ1) is 17.0. The largest absolute Gasteiger partial charge is 0.372 e. The number of nitrogens with one attached hydrogen (secondary N) is 1. The summed E-state index contributed by atoms with van der Waals surface area (Å²) in [6, 6.07) is 13.0. The van der Waals surface area contributed by atoms with E-state index in [0.717, 1.165) is 23.1 Å². The Balaban J connectivity index is 1.45. The van der Waals surface area contributed by atoms with E-state index < -0.39 is 27.1 Å². The van der Waals surface area contributed by atoms with Crippen LogP contribution in [0, 0.1) is 0 Å². The first-order valence-electron chi connectivity index (χ1n) is 12.0. The van der Waals surface area contributed by atoms with Gasteiger partial charge in [0.1, 0.15) is 10.0 Å². The second kappa shape index (κ2) is 8.95. The molecule has 5 rings (SSSR count). The van der Waals surface area contributed by atoms with Crippen LogP contribution in [0.25, 0.3) is 0 Å². The van der Waals surface area contributed by atoms with E-state index >= 15 is 0 Å². The molecular weight excluding hydrogens is 496 g/mol. The molecule has 2 aliphatic heterocycles. The maximum atomic E-state index is 13.7. The van der Waals surface area contributed by atoms with Crippen molar-refractivity contribution in [3.8, 4) is 0 Å². The molecule has 0 bridgehead atoms. The van der Waals surface area contributed by atoms with Crippen molar-refractivity contribution in [2.24, 2.45) is 0 Å². The molecule has 10 heteroatoms. The van der Waals surface area contributed by atoms with E-state index in [1.165, 1.54) is 37.1 Å². The summed E-state index contributed by atoms with van der Waals surface area (Å²) in [7, 11) is -3.75. The van der Waals surface area contributed by atoms with Crippen LogP contribution in [-0.2, 0) is 27.0 Å². The molecule has 0 spiro atoms. The Morgan fingerprint density at radius 1 is 1.08 bits per heavy atom. The number of hydrogen-bond donors (Lipinski definition) is 2. The number of carbonyl (C=O) groups is 1. The minimum atomic E-state index is -3.75. The zero-order valence-electron chi connectivity index (χ0n) is 20.6. The van der Waals surface area contributed by atoms with Gasteiger partial charge in [-0.2, -0.15) is 0 Å². The van der Waals surface area contributed by atoms with Gasteiger partial charge in [0.05, 0.1) is 23.3 Å². The number of hydrogen-bond acceptors (Lipinski definition) is 7. The number of thiazole rings is 1. The molecule has 2 aromatic carbocycles. The summed E-state index contributed by atoms with van der Waals surface area (Å²) in [6.45, 7) is 7.58. The highest BCUT2D eigenvalue weighted by molar-refractivity contribution is 7.89. The highest BCUT2D eigenvalue weighted by atomic mass is 32.2. The summed E-state index contributed by atoms with van der Waals surface area (Å²) >= 11 is 1.56. The van der Waals surface area contributed by atoms with Crippen molar-refractivity contribution in [3.05, 3.63) is 70.9 Å². The third kappa shape index (κ3) is 4.43. The van der Waals surface area contributed by atoms with Gasteiger partial charge in [-0.1, -0.05) is 41.7 Å². The molecule has 3 aromatic rings. The highest BCUT2D eigenvalue weighted by Gasteiger charge is 2.51. The van der Waals surface area contributed by atoms with Gasteiger partial charge in [-0.05, 0) is 57.4 Å². The van der Waals surface area contributed by atoms with Crippen molar-refractivity contribution in [1.82, 2.24) is 9.71 Å². The summed E-state index contributed by atoms with van der Waals surface area (Å²) in [4.78, 5) is 22.2. The van der Waals surface area contributed by atoms with Gasteiger partial charge in [0, 0.05) is 24.2 Å². The minimum Gasteiger partial charge on any atom is -0.372 e. The highest BCUT2D eigenvalue weighted by Crippen LogP contribution is 2.45. The van der Waals surface area contributed by atoms with Gasteiger partial charge in [0.25, 0.3) is 5.91 Å². The lowest BCUT2D eigenvalue weighted by molar-refractivity contribution is -0.132. The molecule has 1 amide bonds. The number of aromatic nitrogens is 1. The van der Waals surface area contributed by atoms with Crippen molar-refractivity contribution >= 4 is 38.0 Å². The minimum absolute atomic E-state index is 0.0672. The van der Waals surface area contributed by atoms with Crippen molar-refractivity contribution in [1.29, 1.82) is 0 Å². The summed E-state index contributed by atoms with van der Waals surface area (Å²) in [6.07, 6.45) is 4.20. The van der Waals surface area contributed by atoms with Gasteiger partial charge >= 0.3 is 0 Å². The van der Waals surface area contributed by atoms with Crippen LogP contribution in [0.2, 0.25) is 0 Å². The Morgan fingerprint density at radius 2 is 1.75 bits per heavy atom. The third-order valence-electron chi connectivity index (χ3n) is 6.41.